The maximum atomic E-state index is 16.0. The number of fused-ring (bicyclic) bond motifs is 1. The zero-order valence-corrected chi connectivity index (χ0v) is 28.0. The Morgan fingerprint density at radius 1 is 0.442 bits per heavy atom. The van der Waals surface area contributed by atoms with Crippen LogP contribution in [0.2, 0.25) is 9.56 Å². The van der Waals surface area contributed by atoms with Gasteiger partial charge in [0.15, 0.2) is 52.4 Å². The van der Waals surface area contributed by atoms with Crippen LogP contribution in [0.4, 0.5) is 65.9 Å². The number of halogens is 15. The van der Waals surface area contributed by atoms with Gasteiger partial charge in [0.2, 0.25) is 0 Å². The van der Waals surface area contributed by atoms with Gasteiger partial charge in [0.25, 0.3) is 0 Å². The summed E-state index contributed by atoms with van der Waals surface area (Å²) >= 11 is -2.15. The standard InChI is InChI=1S/C28H7BF15O.2C3H7.Al/c30-14-11(15(31)21(37)26(42)20(14)36)29(12-16(32)22(38)27(43)23(39)17(12)33,13-18(34)24(40)28(44)25(41)19(13)35)8-4-5-9-7(6-8)2-1-3-10(9)45;2*1-3-2;/h1-6,45H;2*3H,1-2H3;/q-1;;;+1/p-1. The van der Waals surface area contributed by atoms with E-state index in [0.717, 1.165) is 12.1 Å². The van der Waals surface area contributed by atoms with Crippen LogP contribution in [0.1, 0.15) is 27.7 Å². The van der Waals surface area contributed by atoms with Crippen molar-refractivity contribution >= 4 is 53.3 Å². The number of rotatable bonds is 8. The first-order chi connectivity index (χ1) is 24.2. The summed E-state index contributed by atoms with van der Waals surface area (Å²) < 4.78 is 235. The molecule has 1 nitrogen and oxygen atoms in total. The van der Waals surface area contributed by atoms with Crippen molar-refractivity contribution in [3.8, 4) is 5.75 Å². The highest BCUT2D eigenvalue weighted by Crippen LogP contribution is 2.33. The lowest BCUT2D eigenvalue weighted by Gasteiger charge is -2.45. The normalized spacial score (nSPS) is 12.1. The predicted molar refractivity (Wildman–Crippen MR) is 164 cm³/mol. The van der Waals surface area contributed by atoms with Crippen LogP contribution in [-0.2, 0) is 0 Å². The summed E-state index contributed by atoms with van der Waals surface area (Å²) in [4.78, 5) is 0. The Balaban J connectivity index is 2.14. The molecule has 52 heavy (non-hydrogen) atoms. The number of hydrogen-bond donors (Lipinski definition) is 0. The smallest absolute Gasteiger partial charge is 0.552 e. The van der Waals surface area contributed by atoms with Crippen molar-refractivity contribution in [2.45, 2.75) is 37.3 Å². The zero-order chi connectivity index (χ0) is 38.9. The Bertz CT molecular complexity index is 2010. The summed E-state index contributed by atoms with van der Waals surface area (Å²) in [5.74, 6) is -45.6. The number of benzene rings is 5. The van der Waals surface area contributed by atoms with Crippen molar-refractivity contribution in [2.75, 3.05) is 0 Å². The highest BCUT2D eigenvalue weighted by molar-refractivity contribution is 7.20. The van der Waals surface area contributed by atoms with Crippen LogP contribution in [-0.4, -0.2) is 20.6 Å². The fourth-order valence-electron chi connectivity index (χ4n) is 6.77. The van der Waals surface area contributed by atoms with Gasteiger partial charge in [-0.3, -0.25) is 0 Å². The van der Waals surface area contributed by atoms with Gasteiger partial charge in [0.1, 0.15) is 41.0 Å². The first kappa shape index (κ1) is 38.9. The third-order valence-corrected chi connectivity index (χ3v) is 12.1. The van der Waals surface area contributed by atoms with Crippen LogP contribution in [0, 0.1) is 87.3 Å². The minimum atomic E-state index is -5.88. The van der Waals surface area contributed by atoms with Gasteiger partial charge < -0.3 is 3.79 Å². The van der Waals surface area contributed by atoms with E-state index in [1.807, 2.05) is 27.7 Å². The minimum absolute atomic E-state index is 0.00294. The van der Waals surface area contributed by atoms with E-state index < -0.39 is 130 Å². The lowest BCUT2D eigenvalue weighted by molar-refractivity contribution is 0.380. The first-order valence-electron chi connectivity index (χ1n) is 15.1. The lowest BCUT2D eigenvalue weighted by Crippen LogP contribution is -2.79. The van der Waals surface area contributed by atoms with Gasteiger partial charge in [0, 0.05) is 5.39 Å². The van der Waals surface area contributed by atoms with Gasteiger partial charge in [-0.25, -0.2) is 65.9 Å². The molecule has 0 fully saturated rings. The molecule has 0 aliphatic carbocycles. The average Bonchev–Trinajstić information content (AvgIpc) is 3.11. The molecule has 0 aliphatic rings. The molecule has 5 rings (SSSR count). The Morgan fingerprint density at radius 3 is 1.10 bits per heavy atom. The summed E-state index contributed by atoms with van der Waals surface area (Å²) in [5.41, 5.74) is -9.49. The fraction of sp³-hybridized carbons (Fsp3) is 0.176. The lowest BCUT2D eigenvalue weighted by atomic mass is 9.12. The van der Waals surface area contributed by atoms with Gasteiger partial charge >= 0.3 is 14.5 Å². The SMILES string of the molecule is C[CH](C)[Al]([O]c1cccc2cc([B-](c3c(F)c(F)c(F)c(F)c3F)(c3c(F)c(F)c(F)c(F)c3F)c3c(F)c(F)c(F)c(F)c3F)ccc12)[CH](C)C. The topological polar surface area (TPSA) is 9.23 Å². The maximum absolute atomic E-state index is 16.0. The molecule has 0 amide bonds. The molecule has 0 bridgehead atoms. The van der Waals surface area contributed by atoms with Crippen LogP contribution in [0.5, 0.6) is 5.75 Å². The average molecular weight is 767 g/mol. The summed E-state index contributed by atoms with van der Waals surface area (Å²) in [6.45, 7) is 7.43. The third kappa shape index (κ3) is 5.69. The Hall–Kier alpha value is -4.29. The maximum Gasteiger partial charge on any atom is 0.552 e. The van der Waals surface area contributed by atoms with Crippen LogP contribution < -0.4 is 25.6 Å². The van der Waals surface area contributed by atoms with Gasteiger partial charge in [-0.1, -0.05) is 58.0 Å². The molecule has 0 N–H and O–H groups in total. The monoisotopic (exact) mass is 767 g/mol. The van der Waals surface area contributed by atoms with E-state index in [4.69, 9.17) is 3.79 Å². The van der Waals surface area contributed by atoms with Crippen molar-refractivity contribution in [3.05, 3.63) is 124 Å². The van der Waals surface area contributed by atoms with E-state index in [1.54, 1.807) is 0 Å². The van der Waals surface area contributed by atoms with E-state index in [9.17, 15) is 39.5 Å². The molecule has 18 heteroatoms. The zero-order valence-electron chi connectivity index (χ0n) is 26.9. The molecule has 274 valence electrons. The molecule has 5 aromatic rings. The molecule has 0 unspecified atom stereocenters. The van der Waals surface area contributed by atoms with Crippen LogP contribution in [0.3, 0.4) is 0 Å². The molecule has 0 saturated heterocycles. The summed E-state index contributed by atoms with van der Waals surface area (Å²) in [5, 5.41) is -0.236. The van der Waals surface area contributed by atoms with Crippen molar-refractivity contribution in [2.24, 2.45) is 0 Å². The van der Waals surface area contributed by atoms with Crippen molar-refractivity contribution in [1.29, 1.82) is 0 Å². The van der Waals surface area contributed by atoms with Gasteiger partial charge in [0.05, 0.1) is 5.75 Å². The van der Waals surface area contributed by atoms with Crippen LogP contribution in [0.25, 0.3) is 10.8 Å². The second kappa shape index (κ2) is 13.9. The highest BCUT2D eigenvalue weighted by Gasteiger charge is 2.49. The fourth-order valence-corrected chi connectivity index (χ4v) is 9.35. The summed E-state index contributed by atoms with van der Waals surface area (Å²) in [6, 6.07) is 5.71. The second-order valence-corrected chi connectivity index (χ2v) is 16.5. The van der Waals surface area contributed by atoms with E-state index >= 15 is 26.3 Å². The minimum Gasteiger partial charge on any atom is -0.642 e. The quantitative estimate of drug-likeness (QED) is 0.0667. The Kier molecular flexibility index (Phi) is 10.4. The molecule has 0 aliphatic heterocycles. The molecule has 0 radical (unpaired) electrons. The van der Waals surface area contributed by atoms with Gasteiger partial charge in [-0.15, -0.1) is 16.4 Å². The first-order valence-corrected chi connectivity index (χ1v) is 16.9. The van der Waals surface area contributed by atoms with Gasteiger partial charge in [-0.05, 0) is 21.0 Å². The van der Waals surface area contributed by atoms with Crippen molar-refractivity contribution < 1.29 is 69.6 Å². The largest absolute Gasteiger partial charge is 0.642 e. The van der Waals surface area contributed by atoms with E-state index in [2.05, 4.69) is 0 Å². The molecular weight excluding hydrogens is 747 g/mol. The third-order valence-electron chi connectivity index (χ3n) is 8.97. The Labute approximate surface area is 289 Å². The van der Waals surface area contributed by atoms with Crippen molar-refractivity contribution in [3.63, 3.8) is 0 Å². The molecule has 0 spiro atoms. The molecule has 5 aromatic carbocycles. The molecule has 0 saturated carbocycles. The molecular formula is C34H20AlBF15O-. The van der Waals surface area contributed by atoms with E-state index in [1.165, 1.54) is 12.1 Å². The van der Waals surface area contributed by atoms with Crippen LogP contribution in [0.15, 0.2) is 36.4 Å². The molecule has 0 heterocycles. The molecule has 0 aromatic heterocycles. The second-order valence-electron chi connectivity index (χ2n) is 12.6. The van der Waals surface area contributed by atoms with E-state index in [0.29, 0.717) is 12.1 Å². The summed E-state index contributed by atoms with van der Waals surface area (Å²) in [6.07, 6.45) is -5.88. The number of hydrogen-bond acceptors (Lipinski definition) is 1. The summed E-state index contributed by atoms with van der Waals surface area (Å²) in [7, 11) is 0. The van der Waals surface area contributed by atoms with Crippen LogP contribution >= 0.6 is 0 Å². The predicted octanol–water partition coefficient (Wildman–Crippen LogP) is 8.49. The van der Waals surface area contributed by atoms with Gasteiger partial charge in [-0.2, -0.15) is 5.46 Å². The highest BCUT2D eigenvalue weighted by atomic mass is 27.2. The molecule has 0 atom stereocenters. The Morgan fingerprint density at radius 2 is 0.769 bits per heavy atom. The van der Waals surface area contributed by atoms with E-state index in [-0.39, 0.29) is 26.1 Å². The van der Waals surface area contributed by atoms with Crippen molar-refractivity contribution in [1.82, 2.24) is 0 Å².